The van der Waals surface area contributed by atoms with Crippen molar-refractivity contribution >= 4 is 23.2 Å². The van der Waals surface area contributed by atoms with Crippen molar-refractivity contribution in [3.05, 3.63) is 24.3 Å². The van der Waals surface area contributed by atoms with Crippen LogP contribution in [0.1, 0.15) is 39.0 Å². The second-order valence-corrected chi connectivity index (χ2v) is 6.62. The van der Waals surface area contributed by atoms with Crippen molar-refractivity contribution in [3.8, 4) is 0 Å². The Balaban J connectivity index is 1.67. The Kier molecular flexibility index (Phi) is 4.96. The Morgan fingerprint density at radius 2 is 2.22 bits per heavy atom. The Morgan fingerprint density at radius 3 is 3.00 bits per heavy atom. The van der Waals surface area contributed by atoms with Crippen molar-refractivity contribution in [1.29, 1.82) is 0 Å². The van der Waals surface area contributed by atoms with Crippen LogP contribution in [-0.4, -0.2) is 30.9 Å². The molecule has 2 fully saturated rings. The average Bonchev–Trinajstić information content (AvgIpc) is 2.55. The van der Waals surface area contributed by atoms with E-state index in [2.05, 4.69) is 17.6 Å². The summed E-state index contributed by atoms with van der Waals surface area (Å²) >= 11 is 0. The molecule has 0 saturated carbocycles. The van der Waals surface area contributed by atoms with Crippen LogP contribution in [0.15, 0.2) is 24.3 Å². The van der Waals surface area contributed by atoms with Crippen LogP contribution in [0, 0.1) is 5.92 Å². The van der Waals surface area contributed by atoms with Gasteiger partial charge in [-0.15, -0.1) is 0 Å². The van der Waals surface area contributed by atoms with Gasteiger partial charge in [0.1, 0.15) is 0 Å². The summed E-state index contributed by atoms with van der Waals surface area (Å²) in [6.07, 6.45) is 4.37. The van der Waals surface area contributed by atoms with Crippen LogP contribution in [0.4, 0.5) is 11.4 Å². The lowest BCUT2D eigenvalue weighted by atomic mass is 9.92. The fourth-order valence-corrected chi connectivity index (χ4v) is 3.44. The second kappa shape index (κ2) is 7.13. The quantitative estimate of drug-likeness (QED) is 0.901. The van der Waals surface area contributed by atoms with Crippen molar-refractivity contribution < 1.29 is 9.59 Å². The number of hydrogen-bond acceptors (Lipinski definition) is 3. The van der Waals surface area contributed by atoms with Gasteiger partial charge in [-0.1, -0.05) is 6.07 Å². The van der Waals surface area contributed by atoms with E-state index in [0.29, 0.717) is 12.5 Å². The molecule has 2 amide bonds. The molecule has 1 aromatic rings. The maximum Gasteiger partial charge on any atom is 0.227 e. The summed E-state index contributed by atoms with van der Waals surface area (Å²) in [5, 5.41) is 6.39. The predicted molar refractivity (Wildman–Crippen MR) is 91.5 cm³/mol. The molecule has 2 N–H and O–H groups in total. The Labute approximate surface area is 137 Å². The molecular formula is C18H25N3O2. The summed E-state index contributed by atoms with van der Waals surface area (Å²) in [6, 6.07) is 8.02. The van der Waals surface area contributed by atoms with Crippen molar-refractivity contribution in [2.75, 3.05) is 23.3 Å². The smallest absolute Gasteiger partial charge is 0.227 e. The van der Waals surface area contributed by atoms with E-state index in [0.717, 1.165) is 50.1 Å². The zero-order valence-corrected chi connectivity index (χ0v) is 13.7. The van der Waals surface area contributed by atoms with Gasteiger partial charge >= 0.3 is 0 Å². The fourth-order valence-electron chi connectivity index (χ4n) is 3.44. The number of benzene rings is 1. The highest BCUT2D eigenvalue weighted by molar-refractivity contribution is 5.96. The van der Waals surface area contributed by atoms with Crippen LogP contribution in [-0.2, 0) is 9.59 Å². The topological polar surface area (TPSA) is 61.4 Å². The summed E-state index contributed by atoms with van der Waals surface area (Å²) in [5.74, 6) is 0.318. The highest BCUT2D eigenvalue weighted by Crippen LogP contribution is 2.25. The Hall–Kier alpha value is -1.88. The first-order valence-electron chi connectivity index (χ1n) is 8.58. The minimum atomic E-state index is 0.0616. The summed E-state index contributed by atoms with van der Waals surface area (Å²) < 4.78 is 0. The summed E-state index contributed by atoms with van der Waals surface area (Å²) in [5.41, 5.74) is 1.66. The molecule has 2 heterocycles. The zero-order chi connectivity index (χ0) is 16.2. The fraction of sp³-hybridized carbons (Fsp3) is 0.556. The lowest BCUT2D eigenvalue weighted by Gasteiger charge is -2.28. The number of carbonyl (C=O) groups excluding carboxylic acids is 2. The van der Waals surface area contributed by atoms with Gasteiger partial charge in [0.15, 0.2) is 0 Å². The van der Waals surface area contributed by atoms with Crippen molar-refractivity contribution in [3.63, 3.8) is 0 Å². The highest BCUT2D eigenvalue weighted by atomic mass is 16.2. The first-order valence-corrected chi connectivity index (χ1v) is 8.58. The van der Waals surface area contributed by atoms with Crippen LogP contribution in [0.3, 0.4) is 0 Å². The molecule has 2 aliphatic rings. The van der Waals surface area contributed by atoms with E-state index in [-0.39, 0.29) is 17.7 Å². The van der Waals surface area contributed by atoms with Gasteiger partial charge in [-0.25, -0.2) is 0 Å². The Bertz CT molecular complexity index is 587. The SMILES string of the molecule is C[C@H]1C[C@@H](C(=O)Nc2cccc(N3CCCCC3=O)c2)CCN1. The molecule has 0 aliphatic carbocycles. The molecule has 0 bridgehead atoms. The summed E-state index contributed by atoms with van der Waals surface area (Å²) in [7, 11) is 0. The normalized spacial score (nSPS) is 25.3. The van der Waals surface area contributed by atoms with E-state index in [1.807, 2.05) is 29.2 Å². The van der Waals surface area contributed by atoms with Crippen LogP contribution < -0.4 is 15.5 Å². The minimum absolute atomic E-state index is 0.0616. The van der Waals surface area contributed by atoms with E-state index in [9.17, 15) is 9.59 Å². The number of carbonyl (C=O) groups is 2. The summed E-state index contributed by atoms with van der Waals surface area (Å²) in [4.78, 5) is 26.3. The summed E-state index contributed by atoms with van der Waals surface area (Å²) in [6.45, 7) is 3.77. The van der Waals surface area contributed by atoms with Gasteiger partial charge in [0.05, 0.1) is 0 Å². The zero-order valence-electron chi connectivity index (χ0n) is 13.7. The molecule has 0 aromatic heterocycles. The lowest BCUT2D eigenvalue weighted by molar-refractivity contribution is -0.121. The van der Waals surface area contributed by atoms with E-state index < -0.39 is 0 Å². The number of hydrogen-bond donors (Lipinski definition) is 2. The van der Waals surface area contributed by atoms with Gasteiger partial charge in [-0.3, -0.25) is 9.59 Å². The second-order valence-electron chi connectivity index (χ2n) is 6.62. The maximum atomic E-state index is 12.4. The van der Waals surface area contributed by atoms with Gasteiger partial charge in [-0.05, 0) is 57.4 Å². The first-order chi connectivity index (χ1) is 11.1. The third-order valence-corrected chi connectivity index (χ3v) is 4.74. The molecule has 1 aromatic carbocycles. The van der Waals surface area contributed by atoms with Gasteiger partial charge in [-0.2, -0.15) is 0 Å². The molecule has 124 valence electrons. The third-order valence-electron chi connectivity index (χ3n) is 4.74. The van der Waals surface area contributed by atoms with Crippen molar-refractivity contribution in [2.24, 2.45) is 5.92 Å². The van der Waals surface area contributed by atoms with E-state index >= 15 is 0 Å². The molecule has 2 saturated heterocycles. The predicted octanol–water partition coefficient (Wildman–Crippen LogP) is 2.53. The first kappa shape index (κ1) is 16.0. The molecule has 3 rings (SSSR count). The van der Waals surface area contributed by atoms with Crippen LogP contribution in [0.5, 0.6) is 0 Å². The number of nitrogens with one attached hydrogen (secondary N) is 2. The van der Waals surface area contributed by atoms with Gasteiger partial charge < -0.3 is 15.5 Å². The maximum absolute atomic E-state index is 12.4. The molecule has 0 spiro atoms. The Morgan fingerprint density at radius 1 is 1.35 bits per heavy atom. The number of amides is 2. The molecule has 2 aliphatic heterocycles. The van der Waals surface area contributed by atoms with E-state index in [1.54, 1.807) is 0 Å². The largest absolute Gasteiger partial charge is 0.326 e. The van der Waals surface area contributed by atoms with E-state index in [1.165, 1.54) is 0 Å². The third kappa shape index (κ3) is 3.91. The minimum Gasteiger partial charge on any atom is -0.326 e. The molecule has 5 heteroatoms. The molecule has 0 radical (unpaired) electrons. The van der Waals surface area contributed by atoms with Gasteiger partial charge in [0.25, 0.3) is 0 Å². The molecule has 23 heavy (non-hydrogen) atoms. The van der Waals surface area contributed by atoms with E-state index in [4.69, 9.17) is 0 Å². The van der Waals surface area contributed by atoms with Crippen LogP contribution in [0.25, 0.3) is 0 Å². The van der Waals surface area contributed by atoms with Crippen molar-refractivity contribution in [2.45, 2.75) is 45.1 Å². The molecule has 5 nitrogen and oxygen atoms in total. The lowest BCUT2D eigenvalue weighted by Crippen LogP contribution is -2.40. The number of rotatable bonds is 3. The standard InChI is InChI=1S/C18H25N3O2/c1-13-11-14(8-9-19-13)18(23)20-15-5-4-6-16(12-15)21-10-3-2-7-17(21)22/h4-6,12-14,19H,2-3,7-11H2,1H3,(H,20,23)/t13-,14-/m0/s1. The molecule has 2 atom stereocenters. The van der Waals surface area contributed by atoms with Gasteiger partial charge in [0, 0.05) is 36.3 Å². The number of nitrogens with zero attached hydrogens (tertiary/aromatic N) is 1. The van der Waals surface area contributed by atoms with Crippen LogP contribution in [0.2, 0.25) is 0 Å². The average molecular weight is 315 g/mol. The highest BCUT2D eigenvalue weighted by Gasteiger charge is 2.25. The molecule has 0 unspecified atom stereocenters. The van der Waals surface area contributed by atoms with Crippen molar-refractivity contribution in [1.82, 2.24) is 5.32 Å². The van der Waals surface area contributed by atoms with Crippen LogP contribution >= 0.6 is 0 Å². The number of piperidine rings is 2. The number of anilines is 2. The monoisotopic (exact) mass is 315 g/mol. The van der Waals surface area contributed by atoms with Gasteiger partial charge in [0.2, 0.25) is 11.8 Å². The molecular weight excluding hydrogens is 290 g/mol.